The minimum atomic E-state index is 0.141. The molecule has 0 saturated carbocycles. The highest BCUT2D eigenvalue weighted by Crippen LogP contribution is 2.63. The molecular weight excluding hydrogens is 232 g/mol. The molecule has 3 rings (SSSR count). The van der Waals surface area contributed by atoms with Crippen molar-refractivity contribution in [2.24, 2.45) is 5.41 Å². The first-order chi connectivity index (χ1) is 8.71. The summed E-state index contributed by atoms with van der Waals surface area (Å²) in [6, 6.07) is 4.43. The summed E-state index contributed by atoms with van der Waals surface area (Å²) >= 11 is 0. The summed E-state index contributed by atoms with van der Waals surface area (Å²) in [7, 11) is 0. The Kier molecular flexibility index (Phi) is 2.32. The number of hydrogen-bond acceptors (Lipinski definition) is 1. The van der Waals surface area contributed by atoms with Crippen LogP contribution in [0.15, 0.2) is 18.2 Å². The maximum absolute atomic E-state index is 5.79. The van der Waals surface area contributed by atoms with Crippen LogP contribution < -0.4 is 4.74 Å². The van der Waals surface area contributed by atoms with E-state index in [1.165, 1.54) is 16.7 Å². The fourth-order valence-corrected chi connectivity index (χ4v) is 3.82. The molecule has 0 atom stereocenters. The molecule has 0 saturated heterocycles. The summed E-state index contributed by atoms with van der Waals surface area (Å²) in [4.78, 5) is 0. The van der Waals surface area contributed by atoms with Crippen molar-refractivity contribution in [3.8, 4) is 5.75 Å². The van der Waals surface area contributed by atoms with Crippen molar-refractivity contribution in [1.29, 1.82) is 0 Å². The van der Waals surface area contributed by atoms with Crippen LogP contribution in [0.25, 0.3) is 6.08 Å². The minimum Gasteiger partial charge on any atom is -0.489 e. The molecule has 102 valence electrons. The van der Waals surface area contributed by atoms with E-state index in [-0.39, 0.29) is 16.2 Å². The fraction of sp³-hybridized carbons (Fsp3) is 0.556. The third-order valence-corrected chi connectivity index (χ3v) is 6.25. The first kappa shape index (κ1) is 12.8. The van der Waals surface area contributed by atoms with Crippen LogP contribution in [0.3, 0.4) is 0 Å². The van der Waals surface area contributed by atoms with Gasteiger partial charge in [-0.25, -0.2) is 0 Å². The SMILES string of the molecule is CC1(C)c2ccc3c(c2C(C)(C)C1(C)C)C=CCO3. The van der Waals surface area contributed by atoms with Crippen molar-refractivity contribution in [3.63, 3.8) is 0 Å². The van der Waals surface area contributed by atoms with Crippen molar-refractivity contribution >= 4 is 6.08 Å². The molecule has 1 nitrogen and oxygen atoms in total. The lowest BCUT2D eigenvalue weighted by molar-refractivity contribution is 0.125. The van der Waals surface area contributed by atoms with Gasteiger partial charge >= 0.3 is 0 Å². The summed E-state index contributed by atoms with van der Waals surface area (Å²) in [6.45, 7) is 15.0. The van der Waals surface area contributed by atoms with E-state index < -0.39 is 0 Å². The molecule has 0 bridgehead atoms. The molecule has 0 aromatic heterocycles. The molecule has 0 radical (unpaired) electrons. The zero-order chi connectivity index (χ0) is 14.1. The van der Waals surface area contributed by atoms with Crippen LogP contribution in [0.2, 0.25) is 0 Å². The summed E-state index contributed by atoms with van der Waals surface area (Å²) in [5.41, 5.74) is 4.79. The van der Waals surface area contributed by atoms with Crippen molar-refractivity contribution < 1.29 is 4.74 Å². The Morgan fingerprint density at radius 1 is 0.947 bits per heavy atom. The lowest BCUT2D eigenvalue weighted by Gasteiger charge is -2.44. The Hall–Kier alpha value is -1.24. The molecule has 1 aromatic carbocycles. The zero-order valence-electron chi connectivity index (χ0n) is 12.9. The van der Waals surface area contributed by atoms with Gasteiger partial charge in [0.05, 0.1) is 0 Å². The summed E-state index contributed by atoms with van der Waals surface area (Å²) in [5, 5.41) is 0. The fourth-order valence-electron chi connectivity index (χ4n) is 3.82. The second kappa shape index (κ2) is 3.45. The van der Waals surface area contributed by atoms with Crippen molar-refractivity contribution in [2.75, 3.05) is 6.61 Å². The van der Waals surface area contributed by atoms with Crippen molar-refractivity contribution in [1.82, 2.24) is 0 Å². The maximum atomic E-state index is 5.79. The van der Waals surface area contributed by atoms with Gasteiger partial charge in [-0.1, -0.05) is 53.7 Å². The third-order valence-electron chi connectivity index (χ3n) is 6.25. The molecule has 1 aromatic rings. The van der Waals surface area contributed by atoms with Crippen LogP contribution in [0, 0.1) is 5.41 Å². The monoisotopic (exact) mass is 256 g/mol. The number of benzene rings is 1. The Balaban J connectivity index is 2.38. The average Bonchev–Trinajstić information content (AvgIpc) is 2.46. The van der Waals surface area contributed by atoms with Gasteiger partial charge in [-0.2, -0.15) is 0 Å². The highest BCUT2D eigenvalue weighted by atomic mass is 16.5. The molecule has 19 heavy (non-hydrogen) atoms. The largest absolute Gasteiger partial charge is 0.489 e. The molecule has 2 aliphatic rings. The smallest absolute Gasteiger partial charge is 0.127 e. The Morgan fingerprint density at radius 2 is 1.63 bits per heavy atom. The molecular formula is C18H24O. The number of hydrogen-bond donors (Lipinski definition) is 0. The van der Waals surface area contributed by atoms with Gasteiger partial charge in [0, 0.05) is 5.56 Å². The van der Waals surface area contributed by atoms with Crippen molar-refractivity contribution in [2.45, 2.75) is 52.4 Å². The van der Waals surface area contributed by atoms with Crippen LogP contribution in [-0.4, -0.2) is 6.61 Å². The molecule has 0 unspecified atom stereocenters. The van der Waals surface area contributed by atoms with Crippen LogP contribution in [0.4, 0.5) is 0 Å². The highest BCUT2D eigenvalue weighted by Gasteiger charge is 2.57. The molecule has 0 N–H and O–H groups in total. The first-order valence-corrected chi connectivity index (χ1v) is 7.18. The number of ether oxygens (including phenoxy) is 1. The van der Waals surface area contributed by atoms with Crippen LogP contribution in [0.5, 0.6) is 5.75 Å². The molecule has 1 aliphatic carbocycles. The Morgan fingerprint density at radius 3 is 2.32 bits per heavy atom. The van der Waals surface area contributed by atoms with Crippen molar-refractivity contribution in [3.05, 3.63) is 34.9 Å². The average molecular weight is 256 g/mol. The lowest BCUT2D eigenvalue weighted by Crippen LogP contribution is -2.42. The van der Waals surface area contributed by atoms with E-state index in [9.17, 15) is 0 Å². The zero-order valence-corrected chi connectivity index (χ0v) is 12.9. The molecule has 1 aliphatic heterocycles. The molecule has 1 heterocycles. The standard InChI is InChI=1S/C18H24O/c1-16(2)13-9-10-14-12(8-7-11-19-14)15(13)17(3,4)18(16,5)6/h7-10H,11H2,1-6H3. The van der Waals surface area contributed by atoms with E-state index in [0.717, 1.165) is 5.75 Å². The first-order valence-electron chi connectivity index (χ1n) is 7.18. The van der Waals surface area contributed by atoms with E-state index in [1.807, 2.05) is 0 Å². The van der Waals surface area contributed by atoms with E-state index in [4.69, 9.17) is 4.74 Å². The third kappa shape index (κ3) is 1.31. The molecule has 0 fully saturated rings. The maximum Gasteiger partial charge on any atom is 0.127 e. The van der Waals surface area contributed by atoms with E-state index >= 15 is 0 Å². The predicted octanol–water partition coefficient (Wildman–Crippen LogP) is 4.69. The van der Waals surface area contributed by atoms with Crippen LogP contribution in [-0.2, 0) is 10.8 Å². The molecule has 0 amide bonds. The van der Waals surface area contributed by atoms with Gasteiger partial charge in [0.15, 0.2) is 0 Å². The quantitative estimate of drug-likeness (QED) is 0.654. The van der Waals surface area contributed by atoms with Crippen LogP contribution >= 0.6 is 0 Å². The molecule has 0 spiro atoms. The number of fused-ring (bicyclic) bond motifs is 3. The van der Waals surface area contributed by atoms with Gasteiger partial charge in [0.1, 0.15) is 12.4 Å². The summed E-state index contributed by atoms with van der Waals surface area (Å²) in [5.74, 6) is 1.04. The van der Waals surface area contributed by atoms with E-state index in [1.54, 1.807) is 0 Å². The highest BCUT2D eigenvalue weighted by molar-refractivity contribution is 5.69. The topological polar surface area (TPSA) is 9.23 Å². The minimum absolute atomic E-state index is 0.141. The second-order valence-corrected chi connectivity index (χ2v) is 7.49. The van der Waals surface area contributed by atoms with Gasteiger partial charge in [0.2, 0.25) is 0 Å². The molecule has 1 heteroatoms. The van der Waals surface area contributed by atoms with Gasteiger partial charge in [-0.3, -0.25) is 0 Å². The normalized spacial score (nSPS) is 24.5. The summed E-state index contributed by atoms with van der Waals surface area (Å²) in [6.07, 6.45) is 4.37. The van der Waals surface area contributed by atoms with E-state index in [0.29, 0.717) is 6.61 Å². The summed E-state index contributed by atoms with van der Waals surface area (Å²) < 4.78 is 5.79. The van der Waals surface area contributed by atoms with Crippen LogP contribution in [0.1, 0.15) is 58.2 Å². The van der Waals surface area contributed by atoms with Gasteiger partial charge in [0.25, 0.3) is 0 Å². The Labute approximate surface area is 116 Å². The number of rotatable bonds is 0. The predicted molar refractivity (Wildman–Crippen MR) is 80.8 cm³/mol. The Bertz CT molecular complexity index is 574. The van der Waals surface area contributed by atoms with E-state index in [2.05, 4.69) is 65.8 Å². The van der Waals surface area contributed by atoms with Gasteiger partial charge < -0.3 is 4.74 Å². The van der Waals surface area contributed by atoms with Gasteiger partial charge in [-0.05, 0) is 39.5 Å². The van der Waals surface area contributed by atoms with Gasteiger partial charge in [-0.15, -0.1) is 0 Å². The lowest BCUT2D eigenvalue weighted by atomic mass is 9.59. The second-order valence-electron chi connectivity index (χ2n) is 7.49.